The molecule has 17 heavy (non-hydrogen) atoms. The molecule has 2 aliphatic heterocycles. The van der Waals surface area contributed by atoms with Gasteiger partial charge in [-0.1, -0.05) is 36.4 Å². The summed E-state index contributed by atoms with van der Waals surface area (Å²) in [5.74, 6) is 1.28. The van der Waals surface area contributed by atoms with Crippen LogP contribution in [0, 0.1) is 0 Å². The third kappa shape index (κ3) is 1.15. The second kappa shape index (κ2) is 3.14. The van der Waals surface area contributed by atoms with Crippen molar-refractivity contribution in [3.05, 3.63) is 60.5 Å². The molecule has 3 heterocycles. The van der Waals surface area contributed by atoms with E-state index in [-0.39, 0.29) is 0 Å². The number of benzene rings is 1. The minimum atomic E-state index is 0.949. The SMILES string of the molecule is C1=CCN2C(=C1)C=Cn1cc3ccccc3c12. The van der Waals surface area contributed by atoms with E-state index in [1.807, 2.05) is 0 Å². The average Bonchev–Trinajstić information content (AvgIpc) is 2.77. The molecule has 0 saturated carbocycles. The summed E-state index contributed by atoms with van der Waals surface area (Å²) in [5, 5.41) is 2.61. The Hall–Kier alpha value is -2.22. The Morgan fingerprint density at radius 2 is 2.06 bits per heavy atom. The Morgan fingerprint density at radius 1 is 1.12 bits per heavy atom. The number of nitrogens with zero attached hydrogens (tertiary/aromatic N) is 2. The van der Waals surface area contributed by atoms with Crippen molar-refractivity contribution in [2.24, 2.45) is 0 Å². The number of rotatable bonds is 0. The van der Waals surface area contributed by atoms with Crippen molar-refractivity contribution in [1.82, 2.24) is 4.57 Å². The molecule has 2 nitrogen and oxygen atoms in total. The van der Waals surface area contributed by atoms with E-state index in [9.17, 15) is 0 Å². The molecule has 0 radical (unpaired) electrons. The molecule has 0 saturated heterocycles. The molecule has 2 aliphatic rings. The fraction of sp³-hybridized carbons (Fsp3) is 0.0667. The van der Waals surface area contributed by atoms with Crippen molar-refractivity contribution in [3.8, 4) is 0 Å². The molecule has 4 rings (SSSR count). The maximum absolute atomic E-state index is 2.35. The van der Waals surface area contributed by atoms with Gasteiger partial charge in [-0.15, -0.1) is 0 Å². The first-order valence-electron chi connectivity index (χ1n) is 5.86. The molecule has 0 aliphatic carbocycles. The van der Waals surface area contributed by atoms with E-state index in [0.29, 0.717) is 0 Å². The summed E-state index contributed by atoms with van der Waals surface area (Å²) in [6, 6.07) is 8.55. The predicted octanol–water partition coefficient (Wildman–Crippen LogP) is 3.39. The highest BCUT2D eigenvalue weighted by Crippen LogP contribution is 2.35. The van der Waals surface area contributed by atoms with E-state index in [1.54, 1.807) is 0 Å². The normalized spacial score (nSPS) is 16.9. The van der Waals surface area contributed by atoms with Crippen LogP contribution in [0.25, 0.3) is 17.0 Å². The molecule has 0 amide bonds. The van der Waals surface area contributed by atoms with Crippen LogP contribution in [0.1, 0.15) is 0 Å². The number of aromatic nitrogens is 1. The van der Waals surface area contributed by atoms with Crippen molar-refractivity contribution < 1.29 is 0 Å². The van der Waals surface area contributed by atoms with Gasteiger partial charge in [0.25, 0.3) is 0 Å². The Labute approximate surface area is 99.8 Å². The van der Waals surface area contributed by atoms with E-state index in [4.69, 9.17) is 0 Å². The van der Waals surface area contributed by atoms with Crippen molar-refractivity contribution in [1.29, 1.82) is 0 Å². The molecule has 0 bridgehead atoms. The van der Waals surface area contributed by atoms with Crippen molar-refractivity contribution in [3.63, 3.8) is 0 Å². The van der Waals surface area contributed by atoms with Gasteiger partial charge in [0.05, 0.1) is 0 Å². The maximum atomic E-state index is 2.35. The smallest absolute Gasteiger partial charge is 0.125 e. The van der Waals surface area contributed by atoms with Crippen molar-refractivity contribution >= 4 is 22.8 Å². The van der Waals surface area contributed by atoms with Crippen LogP contribution in [0.2, 0.25) is 0 Å². The van der Waals surface area contributed by atoms with E-state index < -0.39 is 0 Å². The van der Waals surface area contributed by atoms with Crippen LogP contribution in [0.5, 0.6) is 0 Å². The lowest BCUT2D eigenvalue weighted by molar-refractivity contribution is 0.947. The van der Waals surface area contributed by atoms with Crippen molar-refractivity contribution in [2.75, 3.05) is 11.4 Å². The highest BCUT2D eigenvalue weighted by molar-refractivity contribution is 5.97. The van der Waals surface area contributed by atoms with Gasteiger partial charge in [0.1, 0.15) is 5.82 Å². The number of hydrogen-bond donors (Lipinski definition) is 0. The number of anilines is 1. The molecule has 82 valence electrons. The molecule has 0 fully saturated rings. The Kier molecular flexibility index (Phi) is 1.64. The summed E-state index contributed by atoms with van der Waals surface area (Å²) in [6.45, 7) is 0.949. The molecule has 1 aromatic heterocycles. The van der Waals surface area contributed by atoms with Gasteiger partial charge in [0.15, 0.2) is 0 Å². The topological polar surface area (TPSA) is 8.17 Å². The van der Waals surface area contributed by atoms with Crippen LogP contribution in [0.15, 0.2) is 60.5 Å². The van der Waals surface area contributed by atoms with Crippen LogP contribution in [-0.4, -0.2) is 11.1 Å². The summed E-state index contributed by atoms with van der Waals surface area (Å²) in [5.41, 5.74) is 1.27. The fourth-order valence-electron chi connectivity index (χ4n) is 2.60. The molecule has 0 spiro atoms. The van der Waals surface area contributed by atoms with E-state index >= 15 is 0 Å². The molecule has 0 N–H and O–H groups in total. The quantitative estimate of drug-likeness (QED) is 0.660. The van der Waals surface area contributed by atoms with E-state index in [1.165, 1.54) is 22.3 Å². The monoisotopic (exact) mass is 220 g/mol. The minimum Gasteiger partial charge on any atom is -0.323 e. The minimum absolute atomic E-state index is 0.949. The Morgan fingerprint density at radius 3 is 3.06 bits per heavy atom. The lowest BCUT2D eigenvalue weighted by atomic mass is 10.1. The second-order valence-corrected chi connectivity index (χ2v) is 4.39. The van der Waals surface area contributed by atoms with Crippen LogP contribution < -0.4 is 4.90 Å². The zero-order valence-corrected chi connectivity index (χ0v) is 9.38. The maximum Gasteiger partial charge on any atom is 0.125 e. The number of hydrogen-bond acceptors (Lipinski definition) is 1. The number of fused-ring (bicyclic) bond motifs is 5. The summed E-state index contributed by atoms with van der Waals surface area (Å²) in [4.78, 5) is 2.35. The summed E-state index contributed by atoms with van der Waals surface area (Å²) in [6.07, 6.45) is 13.0. The molecule has 2 aromatic rings. The van der Waals surface area contributed by atoms with Gasteiger partial charge < -0.3 is 9.47 Å². The average molecular weight is 220 g/mol. The molecule has 2 heteroatoms. The van der Waals surface area contributed by atoms with Crippen LogP contribution in [0.3, 0.4) is 0 Å². The third-order valence-corrected chi connectivity index (χ3v) is 3.39. The van der Waals surface area contributed by atoms with Gasteiger partial charge >= 0.3 is 0 Å². The third-order valence-electron chi connectivity index (χ3n) is 3.39. The largest absolute Gasteiger partial charge is 0.323 e. The summed E-state index contributed by atoms with van der Waals surface area (Å²) < 4.78 is 2.21. The van der Waals surface area contributed by atoms with E-state index in [0.717, 1.165) is 6.54 Å². The van der Waals surface area contributed by atoms with E-state index in [2.05, 4.69) is 70.4 Å². The second-order valence-electron chi connectivity index (χ2n) is 4.39. The van der Waals surface area contributed by atoms with Gasteiger partial charge in [-0.25, -0.2) is 0 Å². The fourth-order valence-corrected chi connectivity index (χ4v) is 2.60. The lowest BCUT2D eigenvalue weighted by Gasteiger charge is -2.30. The Bertz CT molecular complexity index is 686. The van der Waals surface area contributed by atoms with Crippen molar-refractivity contribution in [2.45, 2.75) is 0 Å². The molecule has 0 atom stereocenters. The van der Waals surface area contributed by atoms with Gasteiger partial charge in [-0.3, -0.25) is 0 Å². The summed E-state index contributed by atoms with van der Waals surface area (Å²) >= 11 is 0. The zero-order chi connectivity index (χ0) is 11.2. The van der Waals surface area contributed by atoms with Crippen LogP contribution >= 0.6 is 0 Å². The van der Waals surface area contributed by atoms with Gasteiger partial charge in [-0.2, -0.15) is 0 Å². The highest BCUT2D eigenvalue weighted by atomic mass is 15.3. The number of allylic oxidation sites excluding steroid dienone is 3. The summed E-state index contributed by atoms with van der Waals surface area (Å²) in [7, 11) is 0. The van der Waals surface area contributed by atoms with Gasteiger partial charge in [-0.05, 0) is 12.2 Å². The van der Waals surface area contributed by atoms with Gasteiger partial charge in [0, 0.05) is 35.4 Å². The van der Waals surface area contributed by atoms with Gasteiger partial charge in [0.2, 0.25) is 0 Å². The molecular weight excluding hydrogens is 208 g/mol. The zero-order valence-electron chi connectivity index (χ0n) is 9.38. The lowest BCUT2D eigenvalue weighted by Crippen LogP contribution is -2.27. The standard InChI is InChI=1S/C15H12N2/c1-2-7-14-12(5-1)11-16-10-8-13-6-3-4-9-17(13)15(14)16/h1-8,10-11H,9H2. The first-order valence-corrected chi connectivity index (χ1v) is 5.86. The first-order chi connectivity index (χ1) is 8.43. The molecule has 0 unspecified atom stereocenters. The van der Waals surface area contributed by atoms with Crippen LogP contribution in [-0.2, 0) is 0 Å². The predicted molar refractivity (Wildman–Crippen MR) is 71.8 cm³/mol. The highest BCUT2D eigenvalue weighted by Gasteiger charge is 2.20. The first kappa shape index (κ1) is 8.88. The Balaban J connectivity index is 2.05. The molecular formula is C15H12N2. The molecule has 1 aromatic carbocycles. The van der Waals surface area contributed by atoms with Crippen LogP contribution in [0.4, 0.5) is 5.82 Å².